The van der Waals surface area contributed by atoms with Crippen LogP contribution in [-0.2, 0) is 16.0 Å². The van der Waals surface area contributed by atoms with Crippen molar-refractivity contribution in [1.29, 1.82) is 0 Å². The number of piperidine rings is 1. The van der Waals surface area contributed by atoms with Gasteiger partial charge in [-0.05, 0) is 37.7 Å². The number of nitrogens with one attached hydrogen (secondary N) is 1. The summed E-state index contributed by atoms with van der Waals surface area (Å²) < 4.78 is 0. The molecule has 1 saturated heterocycles. The van der Waals surface area contributed by atoms with Crippen LogP contribution in [0.25, 0.3) is 0 Å². The fourth-order valence-electron chi connectivity index (χ4n) is 2.98. The molecule has 0 aliphatic carbocycles. The molecule has 1 aromatic carbocycles. The quantitative estimate of drug-likeness (QED) is 0.831. The van der Waals surface area contributed by atoms with Gasteiger partial charge in [-0.15, -0.1) is 0 Å². The van der Waals surface area contributed by atoms with E-state index in [1.165, 1.54) is 5.56 Å². The predicted octanol–water partition coefficient (Wildman–Crippen LogP) is 1.32. The van der Waals surface area contributed by atoms with Crippen LogP contribution in [0.15, 0.2) is 30.3 Å². The molecule has 1 unspecified atom stereocenters. The molecule has 5 nitrogen and oxygen atoms in total. The van der Waals surface area contributed by atoms with Crippen molar-refractivity contribution in [2.24, 2.45) is 11.7 Å². The third kappa shape index (κ3) is 6.02. The zero-order valence-corrected chi connectivity index (χ0v) is 13.8. The summed E-state index contributed by atoms with van der Waals surface area (Å²) in [6.45, 7) is 3.41. The zero-order valence-electron chi connectivity index (χ0n) is 13.8. The first-order chi connectivity index (χ1) is 11.0. The lowest BCUT2D eigenvalue weighted by atomic mass is 9.90. The maximum absolute atomic E-state index is 12.1. The third-order valence-electron chi connectivity index (χ3n) is 4.28. The van der Waals surface area contributed by atoms with Crippen LogP contribution in [-0.4, -0.2) is 42.4 Å². The number of hydrogen-bond donors (Lipinski definition) is 2. The van der Waals surface area contributed by atoms with Gasteiger partial charge < -0.3 is 16.0 Å². The average Bonchev–Trinajstić information content (AvgIpc) is 2.54. The maximum Gasteiger partial charge on any atom is 0.241 e. The lowest BCUT2D eigenvalue weighted by Crippen LogP contribution is -2.44. The second-order valence-electron chi connectivity index (χ2n) is 6.47. The van der Waals surface area contributed by atoms with Gasteiger partial charge in [0.25, 0.3) is 0 Å². The SMILES string of the molecule is CC(N)CC(=O)NCC(=O)N1CCC(Cc2ccccc2)CC1. The summed E-state index contributed by atoms with van der Waals surface area (Å²) in [5.74, 6) is 0.475. The number of carbonyl (C=O) groups is 2. The van der Waals surface area contributed by atoms with E-state index in [9.17, 15) is 9.59 Å². The van der Waals surface area contributed by atoms with E-state index >= 15 is 0 Å². The summed E-state index contributed by atoms with van der Waals surface area (Å²) in [7, 11) is 0. The number of likely N-dealkylation sites (tertiary alicyclic amines) is 1. The average molecular weight is 317 g/mol. The highest BCUT2D eigenvalue weighted by Gasteiger charge is 2.23. The molecular weight excluding hydrogens is 290 g/mol. The van der Waals surface area contributed by atoms with Crippen molar-refractivity contribution in [2.75, 3.05) is 19.6 Å². The largest absolute Gasteiger partial charge is 0.347 e. The van der Waals surface area contributed by atoms with Gasteiger partial charge >= 0.3 is 0 Å². The maximum atomic E-state index is 12.1. The van der Waals surface area contributed by atoms with Gasteiger partial charge in [0.1, 0.15) is 0 Å². The molecule has 1 fully saturated rings. The molecule has 0 bridgehead atoms. The van der Waals surface area contributed by atoms with Crippen LogP contribution in [0.5, 0.6) is 0 Å². The van der Waals surface area contributed by atoms with Crippen molar-refractivity contribution in [1.82, 2.24) is 10.2 Å². The number of carbonyl (C=O) groups excluding carboxylic acids is 2. The smallest absolute Gasteiger partial charge is 0.241 e. The number of nitrogens with zero attached hydrogens (tertiary/aromatic N) is 1. The Morgan fingerprint density at radius 1 is 1.26 bits per heavy atom. The van der Waals surface area contributed by atoms with E-state index in [4.69, 9.17) is 5.73 Å². The summed E-state index contributed by atoms with van der Waals surface area (Å²) in [5, 5.41) is 2.65. The first-order valence-electron chi connectivity index (χ1n) is 8.38. The van der Waals surface area contributed by atoms with Crippen LogP contribution in [0.3, 0.4) is 0 Å². The molecule has 0 radical (unpaired) electrons. The Morgan fingerprint density at radius 3 is 2.52 bits per heavy atom. The van der Waals surface area contributed by atoms with Crippen LogP contribution < -0.4 is 11.1 Å². The van der Waals surface area contributed by atoms with E-state index < -0.39 is 0 Å². The number of nitrogens with two attached hydrogens (primary N) is 1. The number of benzene rings is 1. The number of amides is 2. The Balaban J connectivity index is 1.69. The standard InChI is InChI=1S/C18H27N3O2/c1-14(19)11-17(22)20-13-18(23)21-9-7-16(8-10-21)12-15-5-3-2-4-6-15/h2-6,14,16H,7-13,19H2,1H3,(H,20,22). The van der Waals surface area contributed by atoms with E-state index in [2.05, 4.69) is 29.6 Å². The second kappa shape index (κ2) is 8.67. The molecule has 0 saturated carbocycles. The van der Waals surface area contributed by atoms with Crippen LogP contribution in [0, 0.1) is 5.92 Å². The molecule has 1 heterocycles. The highest BCUT2D eigenvalue weighted by atomic mass is 16.2. The van der Waals surface area contributed by atoms with Gasteiger partial charge in [-0.1, -0.05) is 30.3 Å². The lowest BCUT2D eigenvalue weighted by Gasteiger charge is -2.32. The van der Waals surface area contributed by atoms with Gasteiger partial charge in [0.15, 0.2) is 0 Å². The predicted molar refractivity (Wildman–Crippen MR) is 90.7 cm³/mol. The second-order valence-corrected chi connectivity index (χ2v) is 6.47. The Morgan fingerprint density at radius 2 is 1.91 bits per heavy atom. The fourth-order valence-corrected chi connectivity index (χ4v) is 2.98. The molecule has 23 heavy (non-hydrogen) atoms. The Kier molecular flexibility index (Phi) is 6.59. The number of rotatable bonds is 6. The molecule has 0 spiro atoms. The van der Waals surface area contributed by atoms with Crippen molar-refractivity contribution >= 4 is 11.8 Å². The molecule has 1 aliphatic rings. The van der Waals surface area contributed by atoms with E-state index in [0.717, 1.165) is 32.4 Å². The summed E-state index contributed by atoms with van der Waals surface area (Å²) >= 11 is 0. The Hall–Kier alpha value is -1.88. The van der Waals surface area contributed by atoms with Crippen LogP contribution in [0.2, 0.25) is 0 Å². The summed E-state index contributed by atoms with van der Waals surface area (Å²) in [6.07, 6.45) is 3.38. The van der Waals surface area contributed by atoms with Gasteiger partial charge in [-0.25, -0.2) is 0 Å². The summed E-state index contributed by atoms with van der Waals surface area (Å²) in [6, 6.07) is 10.3. The highest BCUT2D eigenvalue weighted by Crippen LogP contribution is 2.21. The van der Waals surface area contributed by atoms with Gasteiger partial charge in [0.05, 0.1) is 6.54 Å². The molecular formula is C18H27N3O2. The van der Waals surface area contributed by atoms with Crippen molar-refractivity contribution in [3.63, 3.8) is 0 Å². The topological polar surface area (TPSA) is 75.4 Å². The minimum atomic E-state index is -0.182. The van der Waals surface area contributed by atoms with E-state index in [1.54, 1.807) is 6.92 Å². The third-order valence-corrected chi connectivity index (χ3v) is 4.28. The first kappa shape index (κ1) is 17.5. The van der Waals surface area contributed by atoms with Crippen LogP contribution in [0.4, 0.5) is 0 Å². The van der Waals surface area contributed by atoms with Gasteiger partial charge in [0.2, 0.25) is 11.8 Å². The zero-order chi connectivity index (χ0) is 16.7. The molecule has 1 aromatic rings. The van der Waals surface area contributed by atoms with Gasteiger partial charge in [0, 0.05) is 25.6 Å². The lowest BCUT2D eigenvalue weighted by molar-refractivity contribution is -0.134. The monoisotopic (exact) mass is 317 g/mol. The van der Waals surface area contributed by atoms with E-state index in [0.29, 0.717) is 5.92 Å². The van der Waals surface area contributed by atoms with Crippen molar-refractivity contribution in [3.8, 4) is 0 Å². The van der Waals surface area contributed by atoms with E-state index in [1.807, 2.05) is 11.0 Å². The molecule has 0 aromatic heterocycles. The van der Waals surface area contributed by atoms with Crippen LogP contribution in [0.1, 0.15) is 31.7 Å². The summed E-state index contributed by atoms with van der Waals surface area (Å²) in [4.78, 5) is 25.5. The van der Waals surface area contributed by atoms with Gasteiger partial charge in [-0.3, -0.25) is 9.59 Å². The normalized spacial score (nSPS) is 16.9. The van der Waals surface area contributed by atoms with Crippen molar-refractivity contribution in [3.05, 3.63) is 35.9 Å². The van der Waals surface area contributed by atoms with E-state index in [-0.39, 0.29) is 30.8 Å². The first-order valence-corrected chi connectivity index (χ1v) is 8.38. The minimum Gasteiger partial charge on any atom is -0.347 e. The Bertz CT molecular complexity index is 508. The minimum absolute atomic E-state index is 0.00110. The number of hydrogen-bond acceptors (Lipinski definition) is 3. The molecule has 1 aliphatic heterocycles. The summed E-state index contributed by atoms with van der Waals surface area (Å²) in [5.41, 5.74) is 6.93. The fraction of sp³-hybridized carbons (Fsp3) is 0.556. The Labute approximate surface area is 138 Å². The molecule has 5 heteroatoms. The molecule has 2 rings (SSSR count). The van der Waals surface area contributed by atoms with Gasteiger partial charge in [-0.2, -0.15) is 0 Å². The highest BCUT2D eigenvalue weighted by molar-refractivity contribution is 5.84. The molecule has 2 amide bonds. The van der Waals surface area contributed by atoms with Crippen molar-refractivity contribution < 1.29 is 9.59 Å². The van der Waals surface area contributed by atoms with Crippen molar-refractivity contribution in [2.45, 2.75) is 38.6 Å². The molecule has 1 atom stereocenters. The molecule has 3 N–H and O–H groups in total. The van der Waals surface area contributed by atoms with Crippen LogP contribution >= 0.6 is 0 Å². The molecule has 126 valence electrons.